The van der Waals surface area contributed by atoms with E-state index in [4.69, 9.17) is 27.2 Å². The van der Waals surface area contributed by atoms with Crippen molar-refractivity contribution in [2.24, 2.45) is 0 Å². The van der Waals surface area contributed by atoms with Crippen molar-refractivity contribution >= 4 is 34.5 Å². The van der Waals surface area contributed by atoms with Gasteiger partial charge in [-0.15, -0.1) is 0 Å². The van der Waals surface area contributed by atoms with Gasteiger partial charge in [-0.25, -0.2) is 23.8 Å². The summed E-state index contributed by atoms with van der Waals surface area (Å²) in [6.45, 7) is 1.38. The Morgan fingerprint density at radius 1 is 1.42 bits per heavy atom. The number of carbonyl (C=O) groups is 1. The van der Waals surface area contributed by atoms with Crippen molar-refractivity contribution in [3.63, 3.8) is 0 Å². The molecule has 2 atom stereocenters. The highest BCUT2D eigenvalue weighted by molar-refractivity contribution is 6.31. The van der Waals surface area contributed by atoms with Crippen molar-refractivity contribution in [2.75, 3.05) is 32.5 Å². The number of methoxy groups -OCH3 is 1. The van der Waals surface area contributed by atoms with E-state index in [0.29, 0.717) is 11.2 Å². The molecule has 1 fully saturated rings. The van der Waals surface area contributed by atoms with Crippen LogP contribution in [0.15, 0.2) is 12.4 Å². The van der Waals surface area contributed by atoms with E-state index < -0.39 is 36.6 Å². The Labute approximate surface area is 192 Å². The fraction of sp³-hybridized carbons (Fsp3) is 0.400. The van der Waals surface area contributed by atoms with Crippen LogP contribution in [0.5, 0.6) is 5.75 Å². The number of aromatic nitrogens is 4. The number of hydrogen-bond acceptors (Lipinski definition) is 8. The van der Waals surface area contributed by atoms with Gasteiger partial charge in [0, 0.05) is 30.1 Å². The highest BCUT2D eigenvalue weighted by Crippen LogP contribution is 2.43. The molecule has 1 aliphatic rings. The molecular weight excluding hydrogens is 459 g/mol. The second-order valence-corrected chi connectivity index (χ2v) is 8.16. The molecular formula is C20H22ClFN6O5. The zero-order chi connectivity index (χ0) is 24.0. The van der Waals surface area contributed by atoms with Gasteiger partial charge in [-0.3, -0.25) is 0 Å². The van der Waals surface area contributed by atoms with Crippen molar-refractivity contribution in [1.29, 1.82) is 0 Å². The molecule has 3 heterocycles. The van der Waals surface area contributed by atoms with Crippen LogP contribution in [0.3, 0.4) is 0 Å². The average Bonchev–Trinajstić information content (AvgIpc) is 3.15. The zero-order valence-electron chi connectivity index (χ0n) is 17.7. The Bertz CT molecular complexity index is 1230. The van der Waals surface area contributed by atoms with Gasteiger partial charge in [-0.2, -0.15) is 5.10 Å². The number of aliphatic hydroxyl groups excluding tert-OH is 2. The molecule has 13 heteroatoms. The number of fused-ring (bicyclic) bond motifs is 1. The van der Waals surface area contributed by atoms with Crippen LogP contribution in [0.25, 0.3) is 11.0 Å². The lowest BCUT2D eigenvalue weighted by atomic mass is 9.88. The Balaban J connectivity index is 1.86. The third-order valence-corrected chi connectivity index (χ3v) is 6.13. The van der Waals surface area contributed by atoms with Crippen molar-refractivity contribution in [3.05, 3.63) is 40.1 Å². The molecule has 0 saturated carbocycles. The Hall–Kier alpha value is -3.22. The number of aliphatic hydroxyl groups is 2. The Kier molecular flexibility index (Phi) is 5.99. The van der Waals surface area contributed by atoms with Gasteiger partial charge in [0.25, 0.3) is 0 Å². The lowest BCUT2D eigenvalue weighted by Crippen LogP contribution is -2.48. The molecule has 0 spiro atoms. The predicted molar refractivity (Wildman–Crippen MR) is 116 cm³/mol. The second-order valence-electron chi connectivity index (χ2n) is 7.75. The van der Waals surface area contributed by atoms with Crippen molar-refractivity contribution in [3.8, 4) is 5.75 Å². The van der Waals surface area contributed by atoms with E-state index in [1.165, 1.54) is 24.2 Å². The molecule has 33 heavy (non-hydrogen) atoms. The maximum Gasteiger partial charge on any atom is 0.407 e. The molecule has 0 aliphatic carbocycles. The third kappa shape index (κ3) is 3.69. The molecule has 5 N–H and O–H groups in total. The minimum Gasteiger partial charge on any atom is -0.496 e. The number of likely N-dealkylation sites (tertiary alicyclic amines) is 1. The van der Waals surface area contributed by atoms with Crippen LogP contribution < -0.4 is 10.5 Å². The maximum absolute atomic E-state index is 15.1. The first-order valence-electron chi connectivity index (χ1n) is 10.0. The van der Waals surface area contributed by atoms with E-state index in [9.17, 15) is 15.0 Å². The van der Waals surface area contributed by atoms with Gasteiger partial charge in [0.2, 0.25) is 0 Å². The molecule has 2 aromatic heterocycles. The SMILES string of the molecule is COc1c(C(C)n2nc(C(O)CO)c3c(N)ncnc32)cc(Cl)c(F)c1C1CN(C(=O)O)C1. The number of carboxylic acid groups (broad SMARTS) is 1. The minimum absolute atomic E-state index is 0.0778. The van der Waals surface area contributed by atoms with Crippen LogP contribution in [0.4, 0.5) is 15.0 Å². The van der Waals surface area contributed by atoms with E-state index in [1.54, 1.807) is 6.92 Å². The normalized spacial score (nSPS) is 16.0. The summed E-state index contributed by atoms with van der Waals surface area (Å²) in [4.78, 5) is 20.5. The predicted octanol–water partition coefficient (Wildman–Crippen LogP) is 1.92. The summed E-state index contributed by atoms with van der Waals surface area (Å²) < 4.78 is 22.1. The first-order chi connectivity index (χ1) is 15.7. The quantitative estimate of drug-likeness (QED) is 0.413. The molecule has 1 saturated heterocycles. The molecule has 11 nitrogen and oxygen atoms in total. The average molecular weight is 481 g/mol. The molecule has 0 radical (unpaired) electrons. The molecule has 1 aliphatic heterocycles. The fourth-order valence-corrected chi connectivity index (χ4v) is 4.33. The summed E-state index contributed by atoms with van der Waals surface area (Å²) in [5, 5.41) is 33.4. The zero-order valence-corrected chi connectivity index (χ0v) is 18.5. The van der Waals surface area contributed by atoms with Crippen LogP contribution in [-0.2, 0) is 0 Å². The first-order valence-corrected chi connectivity index (χ1v) is 10.4. The van der Waals surface area contributed by atoms with Crippen molar-refractivity contribution < 1.29 is 29.2 Å². The molecule has 4 rings (SSSR count). The minimum atomic E-state index is -1.32. The lowest BCUT2D eigenvalue weighted by molar-refractivity contribution is 0.0926. The summed E-state index contributed by atoms with van der Waals surface area (Å²) >= 11 is 6.22. The molecule has 176 valence electrons. The highest BCUT2D eigenvalue weighted by Gasteiger charge is 2.38. The maximum atomic E-state index is 15.1. The number of benzene rings is 1. The number of ether oxygens (including phenoxy) is 1. The number of hydrogen-bond donors (Lipinski definition) is 4. The summed E-state index contributed by atoms with van der Waals surface area (Å²) in [6.07, 6.45) is -1.16. The van der Waals surface area contributed by atoms with Gasteiger partial charge >= 0.3 is 6.09 Å². The van der Waals surface area contributed by atoms with Gasteiger partial charge < -0.3 is 30.7 Å². The second kappa shape index (κ2) is 8.61. The van der Waals surface area contributed by atoms with Crippen LogP contribution in [-0.4, -0.2) is 72.9 Å². The highest BCUT2D eigenvalue weighted by atomic mass is 35.5. The number of nitrogen functional groups attached to an aromatic ring is 1. The standard InChI is InChI=1S/C20H22ClFN6O5/c1-8(28-19-14(18(23)24-7-25-19)16(26-28)12(30)6-29)10-3-11(21)15(22)13(17(10)33-2)9-4-27(5-9)20(31)32/h3,7-9,12,29-30H,4-6H2,1-2H3,(H,31,32)(H2,23,24,25). The molecule has 3 aromatic rings. The molecule has 1 amide bonds. The van der Waals surface area contributed by atoms with Gasteiger partial charge in [0.05, 0.1) is 30.2 Å². The monoisotopic (exact) mass is 480 g/mol. The van der Waals surface area contributed by atoms with E-state index in [1.807, 2.05) is 0 Å². The summed E-state index contributed by atoms with van der Waals surface area (Å²) in [5.74, 6) is -0.809. The number of nitrogens with two attached hydrogens (primary N) is 1. The Morgan fingerprint density at radius 3 is 2.73 bits per heavy atom. The van der Waals surface area contributed by atoms with E-state index in [2.05, 4.69) is 15.1 Å². The van der Waals surface area contributed by atoms with Crippen molar-refractivity contribution in [1.82, 2.24) is 24.6 Å². The van der Waals surface area contributed by atoms with Crippen LogP contribution >= 0.6 is 11.6 Å². The smallest absolute Gasteiger partial charge is 0.407 e. The summed E-state index contributed by atoms with van der Waals surface area (Å²) in [5.41, 5.74) is 7.03. The number of nitrogens with zero attached hydrogens (tertiary/aromatic N) is 5. The molecule has 1 aromatic carbocycles. The van der Waals surface area contributed by atoms with Gasteiger partial charge in [-0.05, 0) is 13.0 Å². The van der Waals surface area contributed by atoms with Crippen LogP contribution in [0.2, 0.25) is 5.02 Å². The topological polar surface area (TPSA) is 160 Å². The summed E-state index contributed by atoms with van der Waals surface area (Å²) in [6, 6.07) is 0.793. The van der Waals surface area contributed by atoms with Crippen molar-refractivity contribution in [2.45, 2.75) is 25.0 Å². The number of rotatable bonds is 6. The summed E-state index contributed by atoms with van der Waals surface area (Å²) in [7, 11) is 1.39. The third-order valence-electron chi connectivity index (χ3n) is 5.85. The van der Waals surface area contributed by atoms with E-state index in [0.717, 1.165) is 4.90 Å². The van der Waals surface area contributed by atoms with E-state index in [-0.39, 0.29) is 46.3 Å². The van der Waals surface area contributed by atoms with Gasteiger partial charge in [0.1, 0.15) is 35.5 Å². The van der Waals surface area contributed by atoms with E-state index >= 15 is 4.39 Å². The molecule has 0 bridgehead atoms. The number of anilines is 1. The fourth-order valence-electron chi connectivity index (χ4n) is 4.11. The molecule has 2 unspecified atom stereocenters. The largest absolute Gasteiger partial charge is 0.496 e. The Morgan fingerprint density at radius 2 is 2.12 bits per heavy atom. The number of halogens is 2. The van der Waals surface area contributed by atoms with Gasteiger partial charge in [-0.1, -0.05) is 11.6 Å². The first kappa shape index (κ1) is 23.0. The van der Waals surface area contributed by atoms with Crippen LogP contribution in [0.1, 0.15) is 41.8 Å². The lowest BCUT2D eigenvalue weighted by Gasteiger charge is -2.38. The van der Waals surface area contributed by atoms with Crippen LogP contribution in [0, 0.1) is 5.82 Å². The number of amides is 1. The van der Waals surface area contributed by atoms with Gasteiger partial charge in [0.15, 0.2) is 5.65 Å².